The predicted molar refractivity (Wildman–Crippen MR) is 67.4 cm³/mol. The van der Waals surface area contributed by atoms with Gasteiger partial charge in [-0.1, -0.05) is 19.9 Å². The molecular weight excluding hydrogens is 198 g/mol. The number of hydrogen-bond donors (Lipinski definition) is 0. The molecule has 1 atom stereocenters. The number of nitrogens with zero attached hydrogens (tertiary/aromatic N) is 3. The monoisotopic (exact) mass is 217 g/mol. The van der Waals surface area contributed by atoms with E-state index in [0.29, 0.717) is 0 Å². The van der Waals surface area contributed by atoms with E-state index in [9.17, 15) is 0 Å². The largest absolute Gasteiger partial charge is 0.355 e. The van der Waals surface area contributed by atoms with Gasteiger partial charge in [-0.25, -0.2) is 4.98 Å². The highest BCUT2D eigenvalue weighted by Crippen LogP contribution is 2.20. The second-order valence-corrected chi connectivity index (χ2v) is 4.55. The van der Waals surface area contributed by atoms with Gasteiger partial charge in [0.05, 0.1) is 18.1 Å². The fourth-order valence-electron chi connectivity index (χ4n) is 2.18. The molecule has 1 fully saturated rings. The molecule has 1 unspecified atom stereocenters. The van der Waals surface area contributed by atoms with Crippen molar-refractivity contribution in [3.8, 4) is 0 Å². The van der Waals surface area contributed by atoms with Gasteiger partial charge in [-0.05, 0) is 24.8 Å². The number of aromatic nitrogens is 2. The summed E-state index contributed by atoms with van der Waals surface area (Å²) in [7, 11) is 0. The van der Waals surface area contributed by atoms with E-state index in [1.165, 1.54) is 19.3 Å². The third-order valence-corrected chi connectivity index (χ3v) is 3.08. The zero-order valence-electron chi connectivity index (χ0n) is 9.89. The van der Waals surface area contributed by atoms with Gasteiger partial charge in [0.25, 0.3) is 0 Å². The maximum Gasteiger partial charge on any atom is 0.147 e. The van der Waals surface area contributed by atoms with Crippen LogP contribution in [0.25, 0.3) is 6.08 Å². The molecule has 0 saturated carbocycles. The first-order valence-electron chi connectivity index (χ1n) is 5.99. The van der Waals surface area contributed by atoms with Gasteiger partial charge in [0, 0.05) is 13.1 Å². The first kappa shape index (κ1) is 11.1. The quantitative estimate of drug-likeness (QED) is 0.762. The van der Waals surface area contributed by atoms with Crippen LogP contribution in [-0.4, -0.2) is 23.1 Å². The van der Waals surface area contributed by atoms with Gasteiger partial charge >= 0.3 is 0 Å². The minimum atomic E-state index is 0.747. The summed E-state index contributed by atoms with van der Waals surface area (Å²) in [5.74, 6) is 1.74. The highest BCUT2D eigenvalue weighted by Gasteiger charge is 2.16. The Kier molecular flexibility index (Phi) is 3.54. The van der Waals surface area contributed by atoms with Crippen molar-refractivity contribution in [2.75, 3.05) is 18.0 Å². The lowest BCUT2D eigenvalue weighted by atomic mass is 10.1. The first-order chi connectivity index (χ1) is 7.79. The van der Waals surface area contributed by atoms with Gasteiger partial charge < -0.3 is 4.90 Å². The Bertz CT molecular complexity index is 362. The molecule has 1 aliphatic rings. The molecule has 3 heteroatoms. The molecule has 0 bridgehead atoms. The van der Waals surface area contributed by atoms with Crippen LogP contribution in [0.5, 0.6) is 0 Å². The lowest BCUT2D eigenvalue weighted by Crippen LogP contribution is -2.28. The van der Waals surface area contributed by atoms with Crippen molar-refractivity contribution in [1.82, 2.24) is 9.97 Å². The van der Waals surface area contributed by atoms with Crippen LogP contribution in [0.15, 0.2) is 19.0 Å². The molecule has 1 aromatic rings. The average Bonchev–Trinajstić information content (AvgIpc) is 2.54. The van der Waals surface area contributed by atoms with Crippen LogP contribution in [0.4, 0.5) is 5.82 Å². The van der Waals surface area contributed by atoms with E-state index in [0.717, 1.165) is 30.5 Å². The molecule has 1 saturated heterocycles. The maximum atomic E-state index is 4.54. The molecule has 0 spiro atoms. The summed E-state index contributed by atoms with van der Waals surface area (Å²) >= 11 is 0. The number of anilines is 1. The van der Waals surface area contributed by atoms with Crippen LogP contribution in [0.1, 0.15) is 31.9 Å². The third-order valence-electron chi connectivity index (χ3n) is 3.08. The highest BCUT2D eigenvalue weighted by atomic mass is 15.2. The van der Waals surface area contributed by atoms with E-state index in [1.807, 2.05) is 6.20 Å². The van der Waals surface area contributed by atoms with Crippen molar-refractivity contribution in [2.24, 2.45) is 5.92 Å². The Labute approximate surface area is 97.2 Å². The van der Waals surface area contributed by atoms with Gasteiger partial charge in [-0.2, -0.15) is 0 Å². The van der Waals surface area contributed by atoms with E-state index in [2.05, 4.69) is 28.4 Å². The number of rotatable bonds is 2. The second-order valence-electron chi connectivity index (χ2n) is 4.55. The molecule has 3 nitrogen and oxygen atoms in total. The molecule has 0 aliphatic carbocycles. The molecule has 1 aromatic heterocycles. The van der Waals surface area contributed by atoms with Gasteiger partial charge in [0.2, 0.25) is 0 Å². The smallest absolute Gasteiger partial charge is 0.147 e. The van der Waals surface area contributed by atoms with Crippen molar-refractivity contribution in [3.63, 3.8) is 0 Å². The van der Waals surface area contributed by atoms with Gasteiger partial charge in [-0.15, -0.1) is 0 Å². The fourth-order valence-corrected chi connectivity index (χ4v) is 2.18. The first-order valence-corrected chi connectivity index (χ1v) is 5.99. The van der Waals surface area contributed by atoms with Crippen molar-refractivity contribution >= 4 is 11.9 Å². The third kappa shape index (κ3) is 2.60. The normalized spacial score (nSPS) is 21.6. The Morgan fingerprint density at radius 3 is 3.12 bits per heavy atom. The van der Waals surface area contributed by atoms with Crippen molar-refractivity contribution in [1.29, 1.82) is 0 Å². The zero-order valence-corrected chi connectivity index (χ0v) is 9.89. The SMILES string of the molecule is C=Cc1cncc(N2CCCCC(C)C2)n1. The van der Waals surface area contributed by atoms with Crippen LogP contribution in [-0.2, 0) is 0 Å². The zero-order chi connectivity index (χ0) is 11.4. The molecule has 2 rings (SSSR count). The van der Waals surface area contributed by atoms with Crippen LogP contribution in [0, 0.1) is 5.92 Å². The molecule has 1 aliphatic heterocycles. The van der Waals surface area contributed by atoms with E-state index in [4.69, 9.17) is 0 Å². The predicted octanol–water partition coefficient (Wildman–Crippen LogP) is 2.75. The topological polar surface area (TPSA) is 29.0 Å². The molecular formula is C13H19N3. The van der Waals surface area contributed by atoms with E-state index >= 15 is 0 Å². The minimum absolute atomic E-state index is 0.747. The van der Waals surface area contributed by atoms with Crippen molar-refractivity contribution in [3.05, 3.63) is 24.7 Å². The minimum Gasteiger partial charge on any atom is -0.355 e. The highest BCUT2D eigenvalue weighted by molar-refractivity contribution is 5.45. The van der Waals surface area contributed by atoms with E-state index in [-0.39, 0.29) is 0 Å². The molecule has 0 aromatic carbocycles. The van der Waals surface area contributed by atoms with Gasteiger partial charge in [0.1, 0.15) is 5.82 Å². The lowest BCUT2D eigenvalue weighted by molar-refractivity contribution is 0.543. The molecule has 0 N–H and O–H groups in total. The summed E-state index contributed by atoms with van der Waals surface area (Å²) in [6, 6.07) is 0. The Hall–Kier alpha value is -1.38. The summed E-state index contributed by atoms with van der Waals surface area (Å²) in [5.41, 5.74) is 0.856. The van der Waals surface area contributed by atoms with Crippen molar-refractivity contribution in [2.45, 2.75) is 26.2 Å². The lowest BCUT2D eigenvalue weighted by Gasteiger charge is -2.23. The fraction of sp³-hybridized carbons (Fsp3) is 0.538. The van der Waals surface area contributed by atoms with Crippen LogP contribution in [0.3, 0.4) is 0 Å². The molecule has 86 valence electrons. The Morgan fingerprint density at radius 2 is 2.31 bits per heavy atom. The van der Waals surface area contributed by atoms with Gasteiger partial charge in [0.15, 0.2) is 0 Å². The second kappa shape index (κ2) is 5.10. The molecule has 0 amide bonds. The summed E-state index contributed by atoms with van der Waals surface area (Å²) in [5, 5.41) is 0. The van der Waals surface area contributed by atoms with Crippen LogP contribution < -0.4 is 4.90 Å². The maximum absolute atomic E-state index is 4.54. The Morgan fingerprint density at radius 1 is 1.44 bits per heavy atom. The summed E-state index contributed by atoms with van der Waals surface area (Å²) in [6.07, 6.45) is 9.25. The Balaban J connectivity index is 2.17. The summed E-state index contributed by atoms with van der Waals surface area (Å²) < 4.78 is 0. The van der Waals surface area contributed by atoms with Crippen LogP contribution in [0.2, 0.25) is 0 Å². The molecule has 16 heavy (non-hydrogen) atoms. The van der Waals surface area contributed by atoms with Crippen molar-refractivity contribution < 1.29 is 0 Å². The van der Waals surface area contributed by atoms with Crippen LogP contribution >= 0.6 is 0 Å². The van der Waals surface area contributed by atoms with E-state index < -0.39 is 0 Å². The van der Waals surface area contributed by atoms with E-state index in [1.54, 1.807) is 12.3 Å². The summed E-state index contributed by atoms with van der Waals surface area (Å²) in [4.78, 5) is 11.1. The standard InChI is InChI=1S/C13H19N3/c1-3-12-8-14-9-13(15-12)16-7-5-4-6-11(2)10-16/h3,8-9,11H,1,4-7,10H2,2H3. The molecule has 2 heterocycles. The summed E-state index contributed by atoms with van der Waals surface area (Å²) in [6.45, 7) is 8.23. The number of hydrogen-bond acceptors (Lipinski definition) is 3. The van der Waals surface area contributed by atoms with Gasteiger partial charge in [-0.3, -0.25) is 4.98 Å². The average molecular weight is 217 g/mol. The molecule has 0 radical (unpaired) electrons.